The monoisotopic (exact) mass is 365 g/mol. The number of amides is 2. The molecule has 138 valence electrons. The lowest BCUT2D eigenvalue weighted by atomic mass is 10.0. The molecular weight excluding hydrogens is 346 g/mol. The van der Waals surface area contributed by atoms with E-state index in [1.54, 1.807) is 12.1 Å². The van der Waals surface area contributed by atoms with Crippen LogP contribution in [0.15, 0.2) is 60.3 Å². The van der Waals surface area contributed by atoms with Crippen LogP contribution in [0, 0.1) is 16.0 Å². The van der Waals surface area contributed by atoms with Crippen molar-refractivity contribution in [3.8, 4) is 0 Å². The number of anilines is 1. The van der Waals surface area contributed by atoms with Crippen LogP contribution in [0.5, 0.6) is 0 Å². The molecule has 0 saturated heterocycles. The maximum Gasteiger partial charge on any atom is 0.278 e. The lowest BCUT2D eigenvalue weighted by Crippen LogP contribution is -2.35. The fourth-order valence-corrected chi connectivity index (χ4v) is 2.91. The number of hydrogen-bond acceptors (Lipinski definition) is 5. The van der Waals surface area contributed by atoms with Crippen LogP contribution in [0.4, 0.5) is 11.4 Å². The highest BCUT2D eigenvalue weighted by Gasteiger charge is 2.39. The summed E-state index contributed by atoms with van der Waals surface area (Å²) in [6.45, 7) is 4.15. The number of imide groups is 1. The molecule has 7 heteroatoms. The van der Waals surface area contributed by atoms with Crippen molar-refractivity contribution in [3.05, 3.63) is 76.0 Å². The zero-order valence-corrected chi connectivity index (χ0v) is 15.0. The van der Waals surface area contributed by atoms with E-state index in [0.717, 1.165) is 0 Å². The standard InChI is InChI=1S/C20H19N3O4/c1-13(2)12-22-19(24)17(14-8-10-16(11-9-14)23(26)27)18(20(22)25)21-15-6-4-3-5-7-15/h3-11,13,21H,12H2,1-2H3. The van der Waals surface area contributed by atoms with Gasteiger partial charge in [-0.15, -0.1) is 0 Å². The van der Waals surface area contributed by atoms with Crippen molar-refractivity contribution in [2.75, 3.05) is 11.9 Å². The summed E-state index contributed by atoms with van der Waals surface area (Å²) >= 11 is 0. The third kappa shape index (κ3) is 3.72. The minimum Gasteiger partial charge on any atom is -0.350 e. The lowest BCUT2D eigenvalue weighted by molar-refractivity contribution is -0.384. The van der Waals surface area contributed by atoms with Crippen molar-refractivity contribution < 1.29 is 14.5 Å². The third-order valence-corrected chi connectivity index (χ3v) is 4.13. The zero-order valence-electron chi connectivity index (χ0n) is 15.0. The number of carbonyl (C=O) groups is 2. The molecule has 7 nitrogen and oxygen atoms in total. The van der Waals surface area contributed by atoms with E-state index in [2.05, 4.69) is 5.32 Å². The normalized spacial score (nSPS) is 14.3. The van der Waals surface area contributed by atoms with Gasteiger partial charge in [0.1, 0.15) is 5.70 Å². The number of rotatable bonds is 6. The second-order valence-electron chi connectivity index (χ2n) is 6.66. The highest BCUT2D eigenvalue weighted by atomic mass is 16.6. The molecule has 0 radical (unpaired) electrons. The van der Waals surface area contributed by atoms with E-state index in [1.807, 2.05) is 32.0 Å². The molecule has 1 N–H and O–H groups in total. The Kier molecular flexibility index (Phi) is 5.03. The first-order chi connectivity index (χ1) is 12.9. The Morgan fingerprint density at radius 3 is 2.19 bits per heavy atom. The van der Waals surface area contributed by atoms with E-state index in [4.69, 9.17) is 0 Å². The number of non-ortho nitro benzene ring substituents is 1. The summed E-state index contributed by atoms with van der Waals surface area (Å²) in [6.07, 6.45) is 0. The molecule has 2 aromatic carbocycles. The van der Waals surface area contributed by atoms with Crippen LogP contribution in [0.2, 0.25) is 0 Å². The Morgan fingerprint density at radius 2 is 1.63 bits per heavy atom. The molecule has 0 fully saturated rings. The largest absolute Gasteiger partial charge is 0.350 e. The fourth-order valence-electron chi connectivity index (χ4n) is 2.91. The van der Waals surface area contributed by atoms with Gasteiger partial charge in [-0.3, -0.25) is 24.6 Å². The van der Waals surface area contributed by atoms with Gasteiger partial charge in [-0.25, -0.2) is 0 Å². The molecule has 0 unspecified atom stereocenters. The second-order valence-corrected chi connectivity index (χ2v) is 6.66. The molecular formula is C20H19N3O4. The summed E-state index contributed by atoms with van der Waals surface area (Å²) in [5.41, 5.74) is 1.47. The molecule has 0 bridgehead atoms. The van der Waals surface area contributed by atoms with E-state index in [0.29, 0.717) is 17.8 Å². The molecule has 1 aliphatic rings. The average molecular weight is 365 g/mol. The fraction of sp³-hybridized carbons (Fsp3) is 0.200. The summed E-state index contributed by atoms with van der Waals surface area (Å²) < 4.78 is 0. The molecule has 3 rings (SSSR count). The Labute approximate surface area is 156 Å². The van der Waals surface area contributed by atoms with Crippen LogP contribution in [0.25, 0.3) is 5.57 Å². The number of nitro benzene ring substituents is 1. The number of carbonyl (C=O) groups excluding carboxylic acids is 2. The van der Waals surface area contributed by atoms with Crippen molar-refractivity contribution in [3.63, 3.8) is 0 Å². The van der Waals surface area contributed by atoms with Gasteiger partial charge in [-0.1, -0.05) is 32.0 Å². The number of hydrogen-bond donors (Lipinski definition) is 1. The van der Waals surface area contributed by atoms with Gasteiger partial charge < -0.3 is 5.32 Å². The lowest BCUT2D eigenvalue weighted by Gasteiger charge is -2.17. The van der Waals surface area contributed by atoms with Crippen LogP contribution in [0.3, 0.4) is 0 Å². The first-order valence-corrected chi connectivity index (χ1v) is 8.56. The van der Waals surface area contributed by atoms with E-state index >= 15 is 0 Å². The summed E-state index contributed by atoms with van der Waals surface area (Å²) in [4.78, 5) is 37.4. The van der Waals surface area contributed by atoms with Crippen LogP contribution in [-0.4, -0.2) is 28.2 Å². The van der Waals surface area contributed by atoms with Gasteiger partial charge in [-0.05, 0) is 35.7 Å². The third-order valence-electron chi connectivity index (χ3n) is 4.13. The van der Waals surface area contributed by atoms with Crippen molar-refractivity contribution in [1.29, 1.82) is 0 Å². The van der Waals surface area contributed by atoms with Gasteiger partial charge in [0.05, 0.1) is 10.5 Å². The first-order valence-electron chi connectivity index (χ1n) is 8.56. The Balaban J connectivity index is 2.05. The summed E-state index contributed by atoms with van der Waals surface area (Å²) in [6, 6.07) is 14.7. The van der Waals surface area contributed by atoms with E-state index in [9.17, 15) is 19.7 Å². The van der Waals surface area contributed by atoms with Crippen molar-refractivity contribution >= 4 is 28.8 Å². The quantitative estimate of drug-likeness (QED) is 0.481. The Hall–Kier alpha value is -3.48. The van der Waals surface area contributed by atoms with E-state index in [-0.39, 0.29) is 22.9 Å². The molecule has 0 aliphatic carbocycles. The molecule has 0 saturated carbocycles. The van der Waals surface area contributed by atoms with Gasteiger partial charge in [0.25, 0.3) is 17.5 Å². The average Bonchev–Trinajstić information content (AvgIpc) is 2.87. The highest BCUT2D eigenvalue weighted by Crippen LogP contribution is 2.31. The summed E-state index contributed by atoms with van der Waals surface area (Å²) in [5, 5.41) is 13.9. The maximum absolute atomic E-state index is 12.9. The van der Waals surface area contributed by atoms with Crippen molar-refractivity contribution in [2.24, 2.45) is 5.92 Å². The molecule has 2 amide bonds. The predicted octanol–water partition coefficient (Wildman–Crippen LogP) is 3.44. The van der Waals surface area contributed by atoms with E-state index in [1.165, 1.54) is 29.2 Å². The number of nitrogens with one attached hydrogen (secondary N) is 1. The first kappa shape index (κ1) is 18.3. The maximum atomic E-state index is 12.9. The predicted molar refractivity (Wildman–Crippen MR) is 102 cm³/mol. The Morgan fingerprint density at radius 1 is 1.00 bits per heavy atom. The topological polar surface area (TPSA) is 92.6 Å². The molecule has 0 spiro atoms. The molecule has 1 heterocycles. The summed E-state index contributed by atoms with van der Waals surface area (Å²) in [7, 11) is 0. The van der Waals surface area contributed by atoms with Crippen LogP contribution in [0.1, 0.15) is 19.4 Å². The van der Waals surface area contributed by atoms with Crippen LogP contribution in [-0.2, 0) is 9.59 Å². The van der Waals surface area contributed by atoms with Crippen LogP contribution < -0.4 is 5.32 Å². The van der Waals surface area contributed by atoms with E-state index < -0.39 is 16.7 Å². The number of nitro groups is 1. The second kappa shape index (κ2) is 7.41. The van der Waals surface area contributed by atoms with Gasteiger partial charge in [0, 0.05) is 24.4 Å². The zero-order chi connectivity index (χ0) is 19.6. The van der Waals surface area contributed by atoms with Gasteiger partial charge in [0.2, 0.25) is 0 Å². The van der Waals surface area contributed by atoms with Gasteiger partial charge in [0.15, 0.2) is 0 Å². The molecule has 0 aromatic heterocycles. The highest BCUT2D eigenvalue weighted by molar-refractivity contribution is 6.36. The summed E-state index contributed by atoms with van der Waals surface area (Å²) in [5.74, 6) is -0.682. The van der Waals surface area contributed by atoms with Crippen molar-refractivity contribution in [2.45, 2.75) is 13.8 Å². The van der Waals surface area contributed by atoms with Crippen molar-refractivity contribution in [1.82, 2.24) is 4.90 Å². The number of para-hydroxylation sites is 1. The minimum atomic E-state index is -0.506. The number of nitrogens with zero attached hydrogens (tertiary/aromatic N) is 2. The van der Waals surface area contributed by atoms with Gasteiger partial charge >= 0.3 is 0 Å². The smallest absolute Gasteiger partial charge is 0.278 e. The number of benzene rings is 2. The SMILES string of the molecule is CC(C)CN1C(=O)C(Nc2ccccc2)=C(c2ccc([N+](=O)[O-])cc2)C1=O. The molecule has 0 atom stereocenters. The molecule has 1 aliphatic heterocycles. The van der Waals surface area contributed by atoms with Gasteiger partial charge in [-0.2, -0.15) is 0 Å². The molecule has 27 heavy (non-hydrogen) atoms. The minimum absolute atomic E-state index is 0.0762. The Bertz CT molecular complexity index is 918. The van der Waals surface area contributed by atoms with Crippen LogP contribution >= 0.6 is 0 Å². The molecule has 2 aromatic rings.